The van der Waals surface area contributed by atoms with Gasteiger partial charge in [0.25, 0.3) is 0 Å². The third-order valence-electron chi connectivity index (χ3n) is 2.12. The summed E-state index contributed by atoms with van der Waals surface area (Å²) >= 11 is 6.00. The predicted octanol–water partition coefficient (Wildman–Crippen LogP) is 3.29. The summed E-state index contributed by atoms with van der Waals surface area (Å²) in [4.78, 5) is 14.7. The molecule has 1 aromatic heterocycles. The third kappa shape index (κ3) is 2.20. The fourth-order valence-electron chi connectivity index (χ4n) is 1.32. The van der Waals surface area contributed by atoms with Gasteiger partial charge in [-0.2, -0.15) is 0 Å². The van der Waals surface area contributed by atoms with Gasteiger partial charge < -0.3 is 5.32 Å². The Bertz CT molecular complexity index is 514. The van der Waals surface area contributed by atoms with Crippen molar-refractivity contribution >= 4 is 29.3 Å². The first-order valence-corrected chi connectivity index (χ1v) is 5.10. The number of anilines is 2. The minimum Gasteiger partial charge on any atom is -0.354 e. The number of hydrogen-bond donors (Lipinski definition) is 1. The molecule has 2 aromatic rings. The number of carbonyl (C=O) groups is 1. The standard InChI is InChI=1S/C12H9ClN2O/c13-10-3-1-2-4-12(10)15-11-5-6-14-7-9(11)8-16/h1-8H,(H,14,15). The lowest BCUT2D eigenvalue weighted by molar-refractivity contribution is 0.112. The van der Waals surface area contributed by atoms with Crippen molar-refractivity contribution in [2.75, 3.05) is 5.32 Å². The molecule has 0 aliphatic heterocycles. The van der Waals surface area contributed by atoms with Crippen LogP contribution in [0.25, 0.3) is 0 Å². The molecule has 0 fully saturated rings. The molecular formula is C12H9ClN2O. The van der Waals surface area contributed by atoms with E-state index in [0.29, 0.717) is 16.3 Å². The second-order valence-corrected chi connectivity index (χ2v) is 3.59. The van der Waals surface area contributed by atoms with E-state index in [2.05, 4.69) is 10.3 Å². The average molecular weight is 233 g/mol. The second-order valence-electron chi connectivity index (χ2n) is 3.19. The molecule has 0 radical (unpaired) electrons. The van der Waals surface area contributed by atoms with E-state index in [4.69, 9.17) is 11.6 Å². The van der Waals surface area contributed by atoms with Gasteiger partial charge in [-0.3, -0.25) is 9.78 Å². The van der Waals surface area contributed by atoms with E-state index in [9.17, 15) is 4.79 Å². The molecule has 0 saturated carbocycles. The molecule has 16 heavy (non-hydrogen) atoms. The molecule has 0 spiro atoms. The van der Waals surface area contributed by atoms with Crippen molar-refractivity contribution in [1.29, 1.82) is 0 Å². The van der Waals surface area contributed by atoms with Crippen molar-refractivity contribution in [1.82, 2.24) is 4.98 Å². The molecule has 80 valence electrons. The normalized spacial score (nSPS) is 9.81. The molecule has 0 aliphatic rings. The molecule has 2 rings (SSSR count). The molecule has 0 amide bonds. The first-order chi connectivity index (χ1) is 7.81. The molecule has 0 unspecified atom stereocenters. The van der Waals surface area contributed by atoms with Crippen LogP contribution in [0.15, 0.2) is 42.7 Å². The Labute approximate surface area is 98.1 Å². The number of aldehydes is 1. The van der Waals surface area contributed by atoms with Gasteiger partial charge in [-0.1, -0.05) is 23.7 Å². The molecule has 1 aromatic carbocycles. The van der Waals surface area contributed by atoms with E-state index in [0.717, 1.165) is 12.0 Å². The predicted molar refractivity (Wildman–Crippen MR) is 64.4 cm³/mol. The Morgan fingerprint density at radius 2 is 2.00 bits per heavy atom. The molecule has 0 aliphatic carbocycles. The maximum Gasteiger partial charge on any atom is 0.153 e. The zero-order chi connectivity index (χ0) is 11.4. The van der Waals surface area contributed by atoms with Crippen molar-refractivity contribution in [3.63, 3.8) is 0 Å². The number of aromatic nitrogens is 1. The van der Waals surface area contributed by atoms with Crippen LogP contribution in [-0.2, 0) is 0 Å². The Kier molecular flexibility index (Phi) is 3.17. The highest BCUT2D eigenvalue weighted by atomic mass is 35.5. The summed E-state index contributed by atoms with van der Waals surface area (Å²) in [6.45, 7) is 0. The van der Waals surface area contributed by atoms with Crippen LogP contribution >= 0.6 is 11.6 Å². The van der Waals surface area contributed by atoms with Gasteiger partial charge in [-0.25, -0.2) is 0 Å². The first kappa shape index (κ1) is 10.6. The van der Waals surface area contributed by atoms with E-state index in [1.807, 2.05) is 18.2 Å². The molecule has 0 saturated heterocycles. The zero-order valence-corrected chi connectivity index (χ0v) is 9.11. The van der Waals surface area contributed by atoms with Crippen LogP contribution in [-0.4, -0.2) is 11.3 Å². The van der Waals surface area contributed by atoms with Crippen molar-refractivity contribution in [2.45, 2.75) is 0 Å². The largest absolute Gasteiger partial charge is 0.354 e. The summed E-state index contributed by atoms with van der Waals surface area (Å²) in [5.74, 6) is 0. The van der Waals surface area contributed by atoms with E-state index < -0.39 is 0 Å². The maximum absolute atomic E-state index is 10.8. The fourth-order valence-corrected chi connectivity index (χ4v) is 1.51. The molecule has 0 bridgehead atoms. The number of hydrogen-bond acceptors (Lipinski definition) is 3. The van der Waals surface area contributed by atoms with Crippen LogP contribution in [0.4, 0.5) is 11.4 Å². The van der Waals surface area contributed by atoms with Gasteiger partial charge in [-0.05, 0) is 18.2 Å². The molecule has 1 N–H and O–H groups in total. The van der Waals surface area contributed by atoms with Gasteiger partial charge in [0.1, 0.15) is 0 Å². The lowest BCUT2D eigenvalue weighted by Gasteiger charge is -2.09. The molecule has 4 heteroatoms. The van der Waals surface area contributed by atoms with Gasteiger partial charge in [-0.15, -0.1) is 0 Å². The summed E-state index contributed by atoms with van der Waals surface area (Å²) in [6.07, 6.45) is 3.88. The van der Waals surface area contributed by atoms with E-state index >= 15 is 0 Å². The van der Waals surface area contributed by atoms with Gasteiger partial charge in [0.2, 0.25) is 0 Å². The lowest BCUT2D eigenvalue weighted by Crippen LogP contribution is -1.96. The van der Waals surface area contributed by atoms with Gasteiger partial charge in [0, 0.05) is 12.4 Å². The van der Waals surface area contributed by atoms with Crippen molar-refractivity contribution in [3.8, 4) is 0 Å². The van der Waals surface area contributed by atoms with Crippen LogP contribution in [0.1, 0.15) is 10.4 Å². The zero-order valence-electron chi connectivity index (χ0n) is 8.35. The van der Waals surface area contributed by atoms with E-state index in [1.165, 1.54) is 6.20 Å². The van der Waals surface area contributed by atoms with Crippen molar-refractivity contribution in [3.05, 3.63) is 53.3 Å². The topological polar surface area (TPSA) is 42.0 Å². The number of pyridine rings is 1. The van der Waals surface area contributed by atoms with Crippen LogP contribution in [0.5, 0.6) is 0 Å². The van der Waals surface area contributed by atoms with Crippen LogP contribution in [0.2, 0.25) is 5.02 Å². The summed E-state index contributed by atoms with van der Waals surface area (Å²) in [6, 6.07) is 9.08. The first-order valence-electron chi connectivity index (χ1n) is 4.72. The average Bonchev–Trinajstić information content (AvgIpc) is 2.33. The van der Waals surface area contributed by atoms with Crippen LogP contribution < -0.4 is 5.32 Å². The van der Waals surface area contributed by atoms with Gasteiger partial charge in [0.05, 0.1) is 22.0 Å². The molecule has 0 atom stereocenters. The quantitative estimate of drug-likeness (QED) is 0.826. The molecule has 3 nitrogen and oxygen atoms in total. The fraction of sp³-hybridized carbons (Fsp3) is 0. The Balaban J connectivity index is 2.34. The lowest BCUT2D eigenvalue weighted by atomic mass is 10.2. The van der Waals surface area contributed by atoms with Crippen molar-refractivity contribution in [2.24, 2.45) is 0 Å². The second kappa shape index (κ2) is 4.77. The number of halogens is 1. The maximum atomic E-state index is 10.8. The molecule has 1 heterocycles. The number of rotatable bonds is 3. The minimum absolute atomic E-state index is 0.502. The third-order valence-corrected chi connectivity index (χ3v) is 2.45. The van der Waals surface area contributed by atoms with Crippen LogP contribution in [0.3, 0.4) is 0 Å². The number of carbonyl (C=O) groups excluding carboxylic acids is 1. The smallest absolute Gasteiger partial charge is 0.153 e. The number of nitrogens with one attached hydrogen (secondary N) is 1. The molecular weight excluding hydrogens is 224 g/mol. The highest BCUT2D eigenvalue weighted by Gasteiger charge is 2.03. The van der Waals surface area contributed by atoms with E-state index in [-0.39, 0.29) is 0 Å². The highest BCUT2D eigenvalue weighted by Crippen LogP contribution is 2.25. The van der Waals surface area contributed by atoms with E-state index in [1.54, 1.807) is 18.3 Å². The number of benzene rings is 1. The Morgan fingerprint density at radius 1 is 1.19 bits per heavy atom. The number of nitrogens with zero attached hydrogens (tertiary/aromatic N) is 1. The summed E-state index contributed by atoms with van der Waals surface area (Å²) in [5, 5.41) is 3.70. The number of para-hydroxylation sites is 1. The minimum atomic E-state index is 0.502. The Hall–Kier alpha value is -1.87. The van der Waals surface area contributed by atoms with Crippen molar-refractivity contribution < 1.29 is 4.79 Å². The van der Waals surface area contributed by atoms with Gasteiger partial charge >= 0.3 is 0 Å². The SMILES string of the molecule is O=Cc1cnccc1Nc1ccccc1Cl. The monoisotopic (exact) mass is 232 g/mol. The Morgan fingerprint density at radius 3 is 2.75 bits per heavy atom. The summed E-state index contributed by atoms with van der Waals surface area (Å²) in [5.41, 5.74) is 1.96. The summed E-state index contributed by atoms with van der Waals surface area (Å²) < 4.78 is 0. The van der Waals surface area contributed by atoms with Gasteiger partial charge in [0.15, 0.2) is 6.29 Å². The van der Waals surface area contributed by atoms with Crippen LogP contribution in [0, 0.1) is 0 Å². The summed E-state index contributed by atoms with van der Waals surface area (Å²) in [7, 11) is 0. The highest BCUT2D eigenvalue weighted by molar-refractivity contribution is 6.33.